The quantitative estimate of drug-likeness (QED) is 0.294. The van der Waals surface area contributed by atoms with Gasteiger partial charge in [0.2, 0.25) is 5.91 Å². The molecule has 3 saturated heterocycles. The zero-order valence-electron chi connectivity index (χ0n) is 21.3. The van der Waals surface area contributed by atoms with Crippen molar-refractivity contribution in [3.05, 3.63) is 54.6 Å². The van der Waals surface area contributed by atoms with Crippen LogP contribution in [-0.4, -0.2) is 70.1 Å². The van der Waals surface area contributed by atoms with Gasteiger partial charge in [-0.25, -0.2) is 0 Å². The summed E-state index contributed by atoms with van der Waals surface area (Å²) in [7, 11) is 0. The van der Waals surface area contributed by atoms with E-state index in [9.17, 15) is 19.5 Å². The Kier molecular flexibility index (Phi) is 7.67. The first-order valence-electron chi connectivity index (χ1n) is 12.6. The molecule has 7 nitrogen and oxygen atoms in total. The van der Waals surface area contributed by atoms with Crippen LogP contribution in [0, 0.1) is 31.6 Å². The number of rotatable bonds is 10. The molecule has 0 radical (unpaired) electrons. The summed E-state index contributed by atoms with van der Waals surface area (Å²) < 4.78 is 4.77. The fourth-order valence-corrected chi connectivity index (χ4v) is 8.75. The zero-order valence-corrected chi connectivity index (χ0v) is 22.1. The number of hydrogen-bond acceptors (Lipinski definition) is 6. The van der Waals surface area contributed by atoms with Gasteiger partial charge in [0, 0.05) is 24.0 Å². The molecule has 3 aliphatic heterocycles. The summed E-state index contributed by atoms with van der Waals surface area (Å²) >= 11 is 1.60. The van der Waals surface area contributed by atoms with E-state index in [0.717, 1.165) is 23.2 Å². The van der Waals surface area contributed by atoms with Crippen molar-refractivity contribution in [1.29, 1.82) is 0 Å². The molecule has 3 aliphatic rings. The highest BCUT2D eigenvalue weighted by atomic mass is 32.2. The van der Waals surface area contributed by atoms with E-state index in [1.165, 1.54) is 4.90 Å². The molecule has 0 aliphatic carbocycles. The van der Waals surface area contributed by atoms with Crippen molar-refractivity contribution in [2.45, 2.75) is 49.7 Å². The van der Waals surface area contributed by atoms with Crippen molar-refractivity contribution in [2.24, 2.45) is 17.8 Å². The van der Waals surface area contributed by atoms with Crippen molar-refractivity contribution < 1.29 is 24.2 Å². The smallest absolute Gasteiger partial charge is 0.310 e. The van der Waals surface area contributed by atoms with E-state index in [4.69, 9.17) is 4.74 Å². The summed E-state index contributed by atoms with van der Waals surface area (Å²) in [4.78, 5) is 44.7. The zero-order chi connectivity index (χ0) is 26.2. The number of anilines is 1. The van der Waals surface area contributed by atoms with Gasteiger partial charge in [-0.3, -0.25) is 14.4 Å². The standard InChI is InChI=1S/C28H36N2O5S/c1-6-8-14-35-27(34)22-21-16-19(5)28(36-21)23(22)25(32)30(12-13-31)24(28)26(33)29(11-7-2)20-15-17(3)9-10-18(20)4/h6-7,9-10,15,19,21-24,31H,1-2,8,11-14,16H2,3-5H3/t19?,21-,22+,23+,24?,28?/m1/s1. The van der Waals surface area contributed by atoms with E-state index in [0.29, 0.717) is 6.42 Å². The average molecular weight is 513 g/mol. The SMILES string of the molecule is C=CCCOC(=O)[C@@H]1[C@H]2C(=O)N(CCO)C(C(=O)N(CC=C)c3cc(C)ccc3C)C23S[C@@H]1CC3C. The maximum absolute atomic E-state index is 14.5. The molecule has 1 aromatic rings. The minimum absolute atomic E-state index is 0.0401. The van der Waals surface area contributed by atoms with Crippen LogP contribution in [0.5, 0.6) is 0 Å². The molecule has 4 rings (SSSR count). The second kappa shape index (κ2) is 10.4. The van der Waals surface area contributed by atoms with Gasteiger partial charge < -0.3 is 19.6 Å². The number of likely N-dealkylation sites (tertiary alicyclic amines) is 1. The van der Waals surface area contributed by atoms with E-state index in [1.807, 2.05) is 32.0 Å². The lowest BCUT2D eigenvalue weighted by Gasteiger charge is -2.40. The number of benzene rings is 1. The third kappa shape index (κ3) is 4.08. The minimum Gasteiger partial charge on any atom is -0.465 e. The molecule has 6 atom stereocenters. The number of esters is 1. The molecule has 1 aromatic carbocycles. The van der Waals surface area contributed by atoms with Gasteiger partial charge in [0.15, 0.2) is 0 Å². The number of nitrogens with zero attached hydrogens (tertiary/aromatic N) is 2. The molecule has 3 heterocycles. The van der Waals surface area contributed by atoms with Gasteiger partial charge in [-0.05, 0) is 49.8 Å². The lowest BCUT2D eigenvalue weighted by molar-refractivity contribution is -0.154. The molecule has 1 N–H and O–H groups in total. The summed E-state index contributed by atoms with van der Waals surface area (Å²) in [5.41, 5.74) is 2.75. The summed E-state index contributed by atoms with van der Waals surface area (Å²) in [6, 6.07) is 5.16. The Bertz CT molecular complexity index is 1070. The number of carbonyl (C=O) groups is 3. The van der Waals surface area contributed by atoms with E-state index in [2.05, 4.69) is 20.1 Å². The number of aliphatic hydroxyl groups excluding tert-OH is 1. The number of β-amino-alcohol motifs (C(OH)–C–C–N with tert-alkyl or cyclic N) is 1. The molecule has 3 fully saturated rings. The Morgan fingerprint density at radius 3 is 2.72 bits per heavy atom. The van der Waals surface area contributed by atoms with E-state index in [1.54, 1.807) is 28.8 Å². The van der Waals surface area contributed by atoms with Crippen molar-refractivity contribution in [2.75, 3.05) is 31.2 Å². The molecule has 3 unspecified atom stereocenters. The molecule has 8 heteroatoms. The predicted octanol–water partition coefficient (Wildman–Crippen LogP) is 3.27. The Morgan fingerprint density at radius 2 is 2.06 bits per heavy atom. The van der Waals surface area contributed by atoms with Gasteiger partial charge >= 0.3 is 5.97 Å². The molecular weight excluding hydrogens is 476 g/mol. The van der Waals surface area contributed by atoms with Gasteiger partial charge in [-0.1, -0.05) is 31.2 Å². The number of aryl methyl sites for hydroxylation is 2. The van der Waals surface area contributed by atoms with Gasteiger partial charge in [0.1, 0.15) is 6.04 Å². The van der Waals surface area contributed by atoms with Crippen LogP contribution in [0.15, 0.2) is 43.5 Å². The van der Waals surface area contributed by atoms with Crippen LogP contribution in [0.1, 0.15) is 30.9 Å². The number of amides is 2. The maximum Gasteiger partial charge on any atom is 0.310 e. The highest BCUT2D eigenvalue weighted by molar-refractivity contribution is 8.02. The summed E-state index contributed by atoms with van der Waals surface area (Å²) in [5.74, 6) is -2.03. The van der Waals surface area contributed by atoms with Gasteiger partial charge in [-0.2, -0.15) is 0 Å². The first kappa shape index (κ1) is 26.5. The number of carbonyl (C=O) groups excluding carboxylic acids is 3. The van der Waals surface area contributed by atoms with Crippen LogP contribution in [0.25, 0.3) is 0 Å². The van der Waals surface area contributed by atoms with Crippen LogP contribution in [0.4, 0.5) is 5.69 Å². The second-order valence-corrected chi connectivity index (χ2v) is 11.6. The van der Waals surface area contributed by atoms with E-state index >= 15 is 0 Å². The lowest BCUT2D eigenvalue weighted by atomic mass is 9.66. The Hall–Kier alpha value is -2.58. The Morgan fingerprint density at radius 1 is 1.31 bits per heavy atom. The fourth-order valence-electron chi connectivity index (χ4n) is 6.35. The van der Waals surface area contributed by atoms with Gasteiger partial charge in [-0.15, -0.1) is 24.9 Å². The number of thioether (sulfide) groups is 1. The van der Waals surface area contributed by atoms with Crippen LogP contribution >= 0.6 is 11.8 Å². The highest BCUT2D eigenvalue weighted by Crippen LogP contribution is 2.68. The van der Waals surface area contributed by atoms with Crippen molar-refractivity contribution in [1.82, 2.24) is 4.90 Å². The minimum atomic E-state index is -0.794. The van der Waals surface area contributed by atoms with Crippen LogP contribution in [-0.2, 0) is 19.1 Å². The highest BCUT2D eigenvalue weighted by Gasteiger charge is 2.76. The third-order valence-electron chi connectivity index (χ3n) is 7.89. The lowest BCUT2D eigenvalue weighted by Crippen LogP contribution is -2.57. The maximum atomic E-state index is 14.5. The Labute approximate surface area is 217 Å². The molecule has 1 spiro atoms. The molecule has 194 valence electrons. The number of hydrogen-bond donors (Lipinski definition) is 1. The summed E-state index contributed by atoms with van der Waals surface area (Å²) in [6.45, 7) is 13.8. The predicted molar refractivity (Wildman–Crippen MR) is 142 cm³/mol. The number of ether oxygens (including phenoxy) is 1. The largest absolute Gasteiger partial charge is 0.465 e. The average Bonchev–Trinajstić information content (AvgIpc) is 3.43. The first-order valence-corrected chi connectivity index (χ1v) is 13.5. The van der Waals surface area contributed by atoms with Crippen molar-refractivity contribution >= 4 is 35.2 Å². The van der Waals surface area contributed by atoms with Crippen LogP contribution in [0.3, 0.4) is 0 Å². The second-order valence-electron chi connectivity index (χ2n) is 10.1. The number of fused-ring (bicyclic) bond motifs is 1. The number of aliphatic hydroxyl groups is 1. The first-order chi connectivity index (χ1) is 17.2. The third-order valence-corrected chi connectivity index (χ3v) is 9.97. The van der Waals surface area contributed by atoms with Crippen molar-refractivity contribution in [3.8, 4) is 0 Å². The molecule has 36 heavy (non-hydrogen) atoms. The van der Waals surface area contributed by atoms with Crippen LogP contribution < -0.4 is 4.90 Å². The fraction of sp³-hybridized carbons (Fsp3) is 0.536. The van der Waals surface area contributed by atoms with Gasteiger partial charge in [0.05, 0.1) is 29.8 Å². The van der Waals surface area contributed by atoms with E-state index in [-0.39, 0.29) is 55.3 Å². The normalized spacial score (nSPS) is 30.3. The molecule has 0 aromatic heterocycles. The summed E-state index contributed by atoms with van der Waals surface area (Å²) in [5, 5.41) is 9.78. The van der Waals surface area contributed by atoms with Gasteiger partial charge in [0.25, 0.3) is 5.91 Å². The van der Waals surface area contributed by atoms with Crippen molar-refractivity contribution in [3.63, 3.8) is 0 Å². The van der Waals surface area contributed by atoms with Crippen LogP contribution in [0.2, 0.25) is 0 Å². The molecule has 2 bridgehead atoms. The summed E-state index contributed by atoms with van der Waals surface area (Å²) in [6.07, 6.45) is 4.65. The monoisotopic (exact) mass is 512 g/mol. The molecular formula is C28H36N2O5S. The molecule has 2 amide bonds. The topological polar surface area (TPSA) is 87.1 Å². The Balaban J connectivity index is 1.77. The molecule has 0 saturated carbocycles. The van der Waals surface area contributed by atoms with E-state index < -0.39 is 22.6 Å².